The molecule has 0 bridgehead atoms. The van der Waals surface area contributed by atoms with Crippen LogP contribution in [0.25, 0.3) is 0 Å². The van der Waals surface area contributed by atoms with E-state index < -0.39 is 0 Å². The number of esters is 1. The van der Waals surface area contributed by atoms with Gasteiger partial charge in [0.1, 0.15) is 5.70 Å². The molecule has 4 heteroatoms. The summed E-state index contributed by atoms with van der Waals surface area (Å²) in [5.74, 6) is -0.389. The molecule has 0 fully saturated rings. The maximum atomic E-state index is 11.2. The summed E-state index contributed by atoms with van der Waals surface area (Å²) < 4.78 is 4.78. The fraction of sp³-hybridized carbons (Fsp3) is 0.625. The third-order valence-corrected chi connectivity index (χ3v) is 1.43. The Bertz CT molecular complexity index is 187. The second kappa shape index (κ2) is 5.46. The first kappa shape index (κ1) is 10.8. The summed E-state index contributed by atoms with van der Waals surface area (Å²) in [6.07, 6.45) is 0.634. The molecule has 0 radical (unpaired) electrons. The largest absolute Gasteiger partial charge is 0.461 e. The first-order chi connectivity index (χ1) is 5.67. The number of likely N-dealkylation sites (N-methyl/N-ethyl adjacent to an activating group) is 1. The highest BCUT2D eigenvalue weighted by molar-refractivity contribution is 5.88. The van der Waals surface area contributed by atoms with Crippen molar-refractivity contribution < 1.29 is 9.53 Å². The minimum Gasteiger partial charge on any atom is -0.461 e. The number of carbonyl (C=O) groups excluding carboxylic acids is 1. The Kier molecular flexibility index (Phi) is 4.92. The van der Waals surface area contributed by atoms with Crippen molar-refractivity contribution in [2.45, 2.75) is 20.3 Å². The molecule has 0 aromatic carbocycles. The molecule has 0 heterocycles. The molecule has 0 rings (SSSR count). The topological polar surface area (TPSA) is 64.3 Å². The highest BCUT2D eigenvalue weighted by Gasteiger charge is 2.11. The molecule has 0 amide bonds. The molecule has 3 N–H and O–H groups in total. The van der Waals surface area contributed by atoms with Crippen LogP contribution in [-0.2, 0) is 9.53 Å². The van der Waals surface area contributed by atoms with E-state index >= 15 is 0 Å². The minimum atomic E-state index is -0.389. The van der Waals surface area contributed by atoms with Gasteiger partial charge in [0.2, 0.25) is 0 Å². The lowest BCUT2D eigenvalue weighted by Gasteiger charge is -2.08. The second-order valence-electron chi connectivity index (χ2n) is 2.22. The van der Waals surface area contributed by atoms with Crippen molar-refractivity contribution in [3.05, 3.63) is 11.4 Å². The number of hydrogen-bond donors (Lipinski definition) is 2. The van der Waals surface area contributed by atoms with Crippen LogP contribution >= 0.6 is 0 Å². The van der Waals surface area contributed by atoms with Gasteiger partial charge < -0.3 is 15.8 Å². The molecular formula is C8H16N2O2. The molecule has 0 unspecified atom stereocenters. The lowest BCUT2D eigenvalue weighted by Crippen LogP contribution is -2.23. The van der Waals surface area contributed by atoms with E-state index in [-0.39, 0.29) is 5.97 Å². The lowest BCUT2D eigenvalue weighted by atomic mass is 10.3. The first-order valence-electron chi connectivity index (χ1n) is 4.00. The van der Waals surface area contributed by atoms with E-state index in [1.54, 1.807) is 14.0 Å². The molecular weight excluding hydrogens is 156 g/mol. The number of nitrogens with two attached hydrogens (primary N) is 1. The standard InChI is InChI=1S/C8H16N2O2/c1-4-6(9)7(10-3)8(11)12-5-2/h10H,4-5,9H2,1-3H3/b7-6+. The van der Waals surface area contributed by atoms with Crippen LogP contribution in [0, 0.1) is 0 Å². The van der Waals surface area contributed by atoms with Crippen LogP contribution in [0.2, 0.25) is 0 Å². The lowest BCUT2D eigenvalue weighted by molar-refractivity contribution is -0.139. The van der Waals surface area contributed by atoms with Crippen molar-refractivity contribution in [1.82, 2.24) is 5.32 Å². The summed E-state index contributed by atoms with van der Waals surface area (Å²) in [5.41, 5.74) is 6.46. The monoisotopic (exact) mass is 172 g/mol. The SMILES string of the molecule is CCOC(=O)/C(NC)=C(\N)CC. The predicted molar refractivity (Wildman–Crippen MR) is 47.2 cm³/mol. The van der Waals surface area contributed by atoms with Crippen molar-refractivity contribution in [3.8, 4) is 0 Å². The summed E-state index contributed by atoms with van der Waals surface area (Å²) in [7, 11) is 1.65. The number of ether oxygens (including phenoxy) is 1. The van der Waals surface area contributed by atoms with Gasteiger partial charge in [-0.15, -0.1) is 0 Å². The summed E-state index contributed by atoms with van der Waals surface area (Å²) in [5, 5.41) is 2.72. The highest BCUT2D eigenvalue weighted by Crippen LogP contribution is 2.00. The number of allylic oxidation sites excluding steroid dienone is 1. The van der Waals surface area contributed by atoms with E-state index in [4.69, 9.17) is 10.5 Å². The Hall–Kier alpha value is -1.19. The van der Waals surface area contributed by atoms with Gasteiger partial charge in [0.15, 0.2) is 0 Å². The van der Waals surface area contributed by atoms with Crippen molar-refractivity contribution >= 4 is 5.97 Å². The van der Waals surface area contributed by atoms with Crippen LogP contribution in [0.1, 0.15) is 20.3 Å². The average molecular weight is 172 g/mol. The second-order valence-corrected chi connectivity index (χ2v) is 2.22. The van der Waals surface area contributed by atoms with Crippen molar-refractivity contribution in [3.63, 3.8) is 0 Å². The van der Waals surface area contributed by atoms with Crippen LogP contribution in [0.3, 0.4) is 0 Å². The Morgan fingerprint density at radius 2 is 2.08 bits per heavy atom. The predicted octanol–water partition coefficient (Wildman–Crippen LogP) is 0.349. The smallest absolute Gasteiger partial charge is 0.356 e. The molecule has 0 atom stereocenters. The maximum absolute atomic E-state index is 11.2. The molecule has 0 spiro atoms. The Morgan fingerprint density at radius 1 is 1.50 bits per heavy atom. The quantitative estimate of drug-likeness (QED) is 0.474. The fourth-order valence-corrected chi connectivity index (χ4v) is 0.774. The van der Waals surface area contributed by atoms with Gasteiger partial charge >= 0.3 is 5.97 Å². The van der Waals surface area contributed by atoms with Crippen molar-refractivity contribution in [2.75, 3.05) is 13.7 Å². The van der Waals surface area contributed by atoms with E-state index in [1.165, 1.54) is 0 Å². The van der Waals surface area contributed by atoms with Crippen molar-refractivity contribution in [1.29, 1.82) is 0 Å². The molecule has 0 aromatic rings. The summed E-state index contributed by atoms with van der Waals surface area (Å²) >= 11 is 0. The minimum absolute atomic E-state index is 0.361. The number of carbonyl (C=O) groups is 1. The summed E-state index contributed by atoms with van der Waals surface area (Å²) in [6.45, 7) is 4.00. The first-order valence-corrected chi connectivity index (χ1v) is 4.00. The number of nitrogens with one attached hydrogen (secondary N) is 1. The van der Waals surface area contributed by atoms with Gasteiger partial charge in [-0.1, -0.05) is 6.92 Å². The molecule has 70 valence electrons. The molecule has 0 aliphatic carbocycles. The van der Waals surface area contributed by atoms with Crippen LogP contribution in [0.15, 0.2) is 11.4 Å². The molecule has 0 saturated carbocycles. The van der Waals surface area contributed by atoms with Gasteiger partial charge in [0, 0.05) is 12.7 Å². The molecule has 4 nitrogen and oxygen atoms in total. The Balaban J connectivity index is 4.44. The Morgan fingerprint density at radius 3 is 2.42 bits per heavy atom. The number of rotatable bonds is 4. The van der Waals surface area contributed by atoms with Gasteiger partial charge in [-0.25, -0.2) is 4.79 Å². The van der Waals surface area contributed by atoms with Gasteiger partial charge in [0.25, 0.3) is 0 Å². The van der Waals surface area contributed by atoms with Crippen LogP contribution in [-0.4, -0.2) is 19.6 Å². The zero-order valence-electron chi connectivity index (χ0n) is 7.81. The average Bonchev–Trinajstić information content (AvgIpc) is 2.06. The third kappa shape index (κ3) is 2.82. The van der Waals surface area contributed by atoms with Gasteiger partial charge in [-0.2, -0.15) is 0 Å². The molecule has 0 saturated heterocycles. The summed E-state index contributed by atoms with van der Waals surface area (Å²) in [6, 6.07) is 0. The van der Waals surface area contributed by atoms with Gasteiger partial charge in [-0.05, 0) is 13.3 Å². The van der Waals surface area contributed by atoms with Crippen LogP contribution in [0.4, 0.5) is 0 Å². The Labute approximate surface area is 72.8 Å². The van der Waals surface area contributed by atoms with E-state index in [9.17, 15) is 4.79 Å². The van der Waals surface area contributed by atoms with E-state index in [1.807, 2.05) is 6.92 Å². The summed E-state index contributed by atoms with van der Waals surface area (Å²) in [4.78, 5) is 11.2. The van der Waals surface area contributed by atoms with Gasteiger partial charge in [0.05, 0.1) is 6.61 Å². The molecule has 12 heavy (non-hydrogen) atoms. The number of hydrogen-bond acceptors (Lipinski definition) is 4. The maximum Gasteiger partial charge on any atom is 0.356 e. The molecule has 0 aliphatic rings. The molecule has 0 aliphatic heterocycles. The fourth-order valence-electron chi connectivity index (χ4n) is 0.774. The zero-order chi connectivity index (χ0) is 9.56. The third-order valence-electron chi connectivity index (χ3n) is 1.43. The van der Waals surface area contributed by atoms with Gasteiger partial charge in [-0.3, -0.25) is 0 Å². The zero-order valence-corrected chi connectivity index (χ0v) is 7.81. The van der Waals surface area contributed by atoms with Crippen molar-refractivity contribution in [2.24, 2.45) is 5.73 Å². The normalized spacial score (nSPS) is 11.9. The molecule has 0 aromatic heterocycles. The van der Waals surface area contributed by atoms with E-state index in [2.05, 4.69) is 5.32 Å². The highest BCUT2D eigenvalue weighted by atomic mass is 16.5. The van der Waals surface area contributed by atoms with E-state index in [0.717, 1.165) is 0 Å². The van der Waals surface area contributed by atoms with Crippen LogP contribution in [0.5, 0.6) is 0 Å². The van der Waals surface area contributed by atoms with E-state index in [0.29, 0.717) is 24.4 Å². The van der Waals surface area contributed by atoms with Crippen LogP contribution < -0.4 is 11.1 Å².